The quantitative estimate of drug-likeness (QED) is 0.486. The van der Waals surface area contributed by atoms with Gasteiger partial charge in [-0.15, -0.1) is 23.5 Å². The number of carbonyl (C=O) groups excluding carboxylic acids is 1. The zero-order chi connectivity index (χ0) is 21.1. The molecule has 3 aromatic rings. The third kappa shape index (κ3) is 4.88. The second-order valence-electron chi connectivity index (χ2n) is 7.40. The first-order valence-corrected chi connectivity index (χ1v) is 12.4. The number of halogens is 1. The van der Waals surface area contributed by atoms with E-state index >= 15 is 0 Å². The molecule has 1 fully saturated rings. The van der Waals surface area contributed by atoms with E-state index < -0.39 is 0 Å². The van der Waals surface area contributed by atoms with Gasteiger partial charge >= 0.3 is 0 Å². The Morgan fingerprint density at radius 1 is 1.17 bits per heavy atom. The molecule has 2 heterocycles. The maximum atomic E-state index is 13.0. The molecule has 1 amide bonds. The van der Waals surface area contributed by atoms with E-state index in [1.165, 1.54) is 29.1 Å². The summed E-state index contributed by atoms with van der Waals surface area (Å²) in [5, 5.41) is 7.87. The van der Waals surface area contributed by atoms with Crippen LogP contribution in [0.25, 0.3) is 0 Å². The molecule has 0 spiro atoms. The Morgan fingerprint density at radius 3 is 2.63 bits per heavy atom. The third-order valence-corrected chi connectivity index (χ3v) is 8.39. The van der Waals surface area contributed by atoms with Crippen molar-refractivity contribution >= 4 is 46.7 Å². The summed E-state index contributed by atoms with van der Waals surface area (Å²) in [4.78, 5) is 13.0. The minimum atomic E-state index is -0.228. The number of nitrogens with one attached hydrogen (secondary N) is 1. The highest BCUT2D eigenvalue weighted by atomic mass is 35.5. The predicted octanol–water partition coefficient (Wildman–Crippen LogP) is 6.32. The molecular weight excluding hydrogens is 434 g/mol. The van der Waals surface area contributed by atoms with Crippen LogP contribution in [0.15, 0.2) is 48.5 Å². The molecule has 30 heavy (non-hydrogen) atoms. The number of anilines is 1. The molecule has 0 radical (unpaired) electrons. The summed E-state index contributed by atoms with van der Waals surface area (Å²) in [5.41, 5.74) is 5.36. The van der Waals surface area contributed by atoms with Gasteiger partial charge in [0.15, 0.2) is 0 Å². The second-order valence-corrected chi connectivity index (χ2v) is 10.5. The number of thioether (sulfide) groups is 2. The summed E-state index contributed by atoms with van der Waals surface area (Å²) in [6.07, 6.45) is 1.26. The SMILES string of the molecule is Cc1ccc(Cn2nc(C)c(C(=O)Nc3cccc(C4SCCCS4)c3)c2Cl)cc1. The van der Waals surface area contributed by atoms with Gasteiger partial charge in [0, 0.05) is 5.69 Å². The number of rotatable bonds is 5. The zero-order valence-electron chi connectivity index (χ0n) is 17.0. The van der Waals surface area contributed by atoms with Crippen molar-refractivity contribution in [1.82, 2.24) is 9.78 Å². The lowest BCUT2D eigenvalue weighted by molar-refractivity contribution is 0.102. The Bertz CT molecular complexity index is 1040. The van der Waals surface area contributed by atoms with Gasteiger partial charge in [0.25, 0.3) is 5.91 Å². The van der Waals surface area contributed by atoms with E-state index in [-0.39, 0.29) is 5.91 Å². The van der Waals surface area contributed by atoms with Crippen LogP contribution in [0.4, 0.5) is 5.69 Å². The maximum absolute atomic E-state index is 13.0. The van der Waals surface area contributed by atoms with Crippen LogP contribution in [-0.4, -0.2) is 27.2 Å². The van der Waals surface area contributed by atoms with Gasteiger partial charge in [-0.05, 0) is 55.0 Å². The summed E-state index contributed by atoms with van der Waals surface area (Å²) >= 11 is 10.5. The van der Waals surface area contributed by atoms with Gasteiger partial charge in [-0.25, -0.2) is 4.68 Å². The average molecular weight is 458 g/mol. The highest BCUT2D eigenvalue weighted by Crippen LogP contribution is 2.44. The van der Waals surface area contributed by atoms with Crippen molar-refractivity contribution in [3.05, 3.63) is 81.6 Å². The smallest absolute Gasteiger partial charge is 0.260 e. The molecule has 1 aliphatic heterocycles. The monoisotopic (exact) mass is 457 g/mol. The van der Waals surface area contributed by atoms with Crippen LogP contribution >= 0.6 is 35.1 Å². The number of aryl methyl sites for hydroxylation is 2. The molecule has 0 bridgehead atoms. The Hall–Kier alpha value is -1.89. The van der Waals surface area contributed by atoms with Gasteiger partial charge in [0.1, 0.15) is 5.15 Å². The number of benzene rings is 2. The third-order valence-electron chi connectivity index (χ3n) is 4.99. The Balaban J connectivity index is 1.51. The summed E-state index contributed by atoms with van der Waals surface area (Å²) in [6.45, 7) is 4.40. The van der Waals surface area contributed by atoms with E-state index in [0.717, 1.165) is 11.3 Å². The van der Waals surface area contributed by atoms with Crippen molar-refractivity contribution in [3.8, 4) is 0 Å². The fraction of sp³-hybridized carbons (Fsp3) is 0.304. The summed E-state index contributed by atoms with van der Waals surface area (Å²) < 4.78 is 2.11. The number of amides is 1. The van der Waals surface area contributed by atoms with Crippen LogP contribution in [0.3, 0.4) is 0 Å². The fourth-order valence-electron chi connectivity index (χ4n) is 3.42. The topological polar surface area (TPSA) is 46.9 Å². The minimum Gasteiger partial charge on any atom is -0.322 e. The van der Waals surface area contributed by atoms with Gasteiger partial charge in [0.2, 0.25) is 0 Å². The molecule has 0 unspecified atom stereocenters. The van der Waals surface area contributed by atoms with E-state index in [2.05, 4.69) is 53.7 Å². The molecule has 4 rings (SSSR count). The molecule has 1 saturated heterocycles. The predicted molar refractivity (Wildman–Crippen MR) is 129 cm³/mol. The number of aromatic nitrogens is 2. The molecule has 1 aliphatic rings. The average Bonchev–Trinajstić information content (AvgIpc) is 3.03. The molecule has 1 N–H and O–H groups in total. The van der Waals surface area contributed by atoms with Crippen molar-refractivity contribution in [2.24, 2.45) is 0 Å². The highest BCUT2D eigenvalue weighted by molar-refractivity contribution is 8.16. The maximum Gasteiger partial charge on any atom is 0.260 e. The fourth-order valence-corrected chi connectivity index (χ4v) is 6.61. The Labute approximate surface area is 190 Å². The first kappa shape index (κ1) is 21.3. The van der Waals surface area contributed by atoms with E-state index in [4.69, 9.17) is 11.6 Å². The first-order chi connectivity index (χ1) is 14.5. The summed E-state index contributed by atoms with van der Waals surface area (Å²) in [7, 11) is 0. The van der Waals surface area contributed by atoms with Crippen LogP contribution in [0.2, 0.25) is 5.15 Å². The zero-order valence-corrected chi connectivity index (χ0v) is 19.4. The molecule has 0 aliphatic carbocycles. The van der Waals surface area contributed by atoms with Gasteiger partial charge < -0.3 is 5.32 Å². The molecule has 7 heteroatoms. The molecule has 0 atom stereocenters. The molecule has 4 nitrogen and oxygen atoms in total. The normalized spacial score (nSPS) is 14.6. The molecule has 2 aromatic carbocycles. The minimum absolute atomic E-state index is 0.228. The van der Waals surface area contributed by atoms with Gasteiger partial charge in [-0.1, -0.05) is 53.6 Å². The summed E-state index contributed by atoms with van der Waals surface area (Å²) in [5.74, 6) is 2.14. The first-order valence-electron chi connectivity index (χ1n) is 9.94. The van der Waals surface area contributed by atoms with E-state index in [1.807, 2.05) is 42.6 Å². The largest absolute Gasteiger partial charge is 0.322 e. The van der Waals surface area contributed by atoms with Crippen molar-refractivity contribution < 1.29 is 4.79 Å². The second kappa shape index (κ2) is 9.50. The number of nitrogens with zero attached hydrogens (tertiary/aromatic N) is 2. The molecule has 156 valence electrons. The van der Waals surface area contributed by atoms with Crippen LogP contribution in [0.5, 0.6) is 0 Å². The van der Waals surface area contributed by atoms with Crippen molar-refractivity contribution in [2.45, 2.75) is 31.4 Å². The van der Waals surface area contributed by atoms with Crippen molar-refractivity contribution in [1.29, 1.82) is 0 Å². The van der Waals surface area contributed by atoms with Gasteiger partial charge in [-0.2, -0.15) is 5.10 Å². The molecule has 0 saturated carbocycles. The Morgan fingerprint density at radius 2 is 1.90 bits per heavy atom. The highest BCUT2D eigenvalue weighted by Gasteiger charge is 2.22. The number of carbonyl (C=O) groups is 1. The van der Waals surface area contributed by atoms with Crippen molar-refractivity contribution in [2.75, 3.05) is 16.8 Å². The van der Waals surface area contributed by atoms with Crippen LogP contribution in [0, 0.1) is 13.8 Å². The standard InChI is InChI=1S/C23H24ClN3OS2/c1-15-7-9-17(10-8-15)14-27-21(24)20(16(2)26-27)22(28)25-19-6-3-5-18(13-19)23-29-11-4-12-30-23/h3,5-10,13,23H,4,11-12,14H2,1-2H3,(H,25,28). The van der Waals surface area contributed by atoms with E-state index in [1.54, 1.807) is 4.68 Å². The van der Waals surface area contributed by atoms with E-state index in [9.17, 15) is 4.79 Å². The van der Waals surface area contributed by atoms with Gasteiger partial charge in [-0.3, -0.25) is 4.79 Å². The molecular formula is C23H24ClN3OS2. The van der Waals surface area contributed by atoms with Crippen LogP contribution in [-0.2, 0) is 6.54 Å². The van der Waals surface area contributed by atoms with Crippen LogP contribution < -0.4 is 5.32 Å². The van der Waals surface area contributed by atoms with E-state index in [0.29, 0.717) is 27.5 Å². The lowest BCUT2D eigenvalue weighted by atomic mass is 10.1. The lowest BCUT2D eigenvalue weighted by Crippen LogP contribution is -2.13. The van der Waals surface area contributed by atoms with Gasteiger partial charge in [0.05, 0.1) is 22.4 Å². The lowest BCUT2D eigenvalue weighted by Gasteiger charge is -2.21. The summed E-state index contributed by atoms with van der Waals surface area (Å²) in [6, 6.07) is 16.3. The number of hydrogen-bond donors (Lipinski definition) is 1. The van der Waals surface area contributed by atoms with Crippen molar-refractivity contribution in [3.63, 3.8) is 0 Å². The number of hydrogen-bond acceptors (Lipinski definition) is 4. The molecule has 1 aromatic heterocycles. The van der Waals surface area contributed by atoms with Crippen LogP contribution in [0.1, 0.15) is 43.7 Å². The Kier molecular flexibility index (Phi) is 6.76.